The Morgan fingerprint density at radius 1 is 1.09 bits per heavy atom. The van der Waals surface area contributed by atoms with Crippen LogP contribution in [0.1, 0.15) is 29.9 Å². The number of hydrogen-bond acceptors (Lipinski definition) is 7. The van der Waals surface area contributed by atoms with E-state index in [4.69, 9.17) is 4.74 Å². The first-order valence-corrected chi connectivity index (χ1v) is 15.8. The van der Waals surface area contributed by atoms with Gasteiger partial charge in [0, 0.05) is 61.7 Å². The Bertz CT molecular complexity index is 1800. The molecule has 0 saturated heterocycles. The quantitative estimate of drug-likeness (QED) is 0.239. The molecule has 3 atom stereocenters. The summed E-state index contributed by atoms with van der Waals surface area (Å²) >= 11 is 0. The van der Waals surface area contributed by atoms with Crippen LogP contribution in [0.2, 0.25) is 0 Å². The van der Waals surface area contributed by atoms with Gasteiger partial charge in [-0.2, -0.15) is 4.31 Å². The maximum absolute atomic E-state index is 14.5. The molecular weight excluding hydrogens is 584 g/mol. The third-order valence-corrected chi connectivity index (χ3v) is 10.3. The van der Waals surface area contributed by atoms with Gasteiger partial charge in [0.05, 0.1) is 35.2 Å². The van der Waals surface area contributed by atoms with Crippen LogP contribution in [0.25, 0.3) is 22.0 Å². The first-order chi connectivity index (χ1) is 20.9. The summed E-state index contributed by atoms with van der Waals surface area (Å²) in [4.78, 5) is 26.5. The summed E-state index contributed by atoms with van der Waals surface area (Å²) in [5.41, 5.74) is 3.67. The second kappa shape index (κ2) is 12.5. The molecule has 0 spiro atoms. The number of nitrogens with zero attached hydrogens (tertiary/aromatic N) is 4. The van der Waals surface area contributed by atoms with Gasteiger partial charge >= 0.3 is 0 Å². The van der Waals surface area contributed by atoms with E-state index in [0.29, 0.717) is 5.69 Å². The molecule has 11 nitrogen and oxygen atoms in total. The Morgan fingerprint density at radius 2 is 1.75 bits per heavy atom. The van der Waals surface area contributed by atoms with Gasteiger partial charge in [0.15, 0.2) is 0 Å². The number of aryl methyl sites for hydroxylation is 1. The van der Waals surface area contributed by atoms with Gasteiger partial charge in [-0.1, -0.05) is 49.4 Å². The van der Waals surface area contributed by atoms with E-state index < -0.39 is 27.1 Å². The lowest BCUT2D eigenvalue weighted by molar-refractivity contribution is -0.384. The number of nitro benzene ring substituents is 1. The first kappa shape index (κ1) is 31.3. The number of carbonyl (C=O) groups excluding carboxylic acids is 1. The third kappa shape index (κ3) is 5.73. The highest BCUT2D eigenvalue weighted by molar-refractivity contribution is 7.89. The summed E-state index contributed by atoms with van der Waals surface area (Å²) in [5, 5.41) is 22.2. The number of fused-ring (bicyclic) bond motifs is 5. The van der Waals surface area contributed by atoms with Crippen LogP contribution in [0.4, 0.5) is 5.69 Å². The number of likely N-dealkylation sites (N-methyl/N-ethyl adjacent to an activating group) is 1. The van der Waals surface area contributed by atoms with Crippen molar-refractivity contribution in [1.29, 1.82) is 0 Å². The molecule has 2 heterocycles. The number of sulfonamides is 1. The molecule has 0 saturated carbocycles. The number of aliphatic hydroxyl groups is 1. The van der Waals surface area contributed by atoms with Crippen molar-refractivity contribution in [1.82, 2.24) is 13.8 Å². The third-order valence-electron chi connectivity index (χ3n) is 8.42. The topological polar surface area (TPSA) is 135 Å². The Morgan fingerprint density at radius 3 is 2.43 bits per heavy atom. The molecule has 1 aliphatic heterocycles. The minimum absolute atomic E-state index is 0.0337. The smallest absolute Gasteiger partial charge is 0.271 e. The Kier molecular flexibility index (Phi) is 8.89. The number of benzene rings is 3. The number of nitro groups is 1. The predicted octanol–water partition coefficient (Wildman–Crippen LogP) is 4.43. The molecule has 1 N–H and O–H groups in total. The number of ether oxygens (including phenoxy) is 1. The van der Waals surface area contributed by atoms with Gasteiger partial charge in [0.2, 0.25) is 10.0 Å². The van der Waals surface area contributed by atoms with E-state index in [1.165, 1.54) is 23.5 Å². The fourth-order valence-electron chi connectivity index (χ4n) is 5.80. The highest BCUT2D eigenvalue weighted by Gasteiger charge is 2.35. The first-order valence-electron chi connectivity index (χ1n) is 14.4. The summed E-state index contributed by atoms with van der Waals surface area (Å²) in [6.07, 6.45) is -0.639. The van der Waals surface area contributed by atoms with Gasteiger partial charge < -0.3 is 19.3 Å². The van der Waals surface area contributed by atoms with Crippen molar-refractivity contribution in [2.45, 2.75) is 37.5 Å². The van der Waals surface area contributed by atoms with Gasteiger partial charge in [-0.3, -0.25) is 14.9 Å². The van der Waals surface area contributed by atoms with Crippen molar-refractivity contribution >= 4 is 32.5 Å². The van der Waals surface area contributed by atoms with E-state index in [0.717, 1.165) is 39.7 Å². The lowest BCUT2D eigenvalue weighted by Gasteiger charge is -2.35. The SMILES string of the molecule is C[C@@H]1CN([C@H](C)CO)C(=O)c2c(c3ccccc3n2C)-c2ccccc2CO[C@@H]1CN(C)S(=O)(=O)c1ccc([N+](=O)[O-])cc1. The lowest BCUT2D eigenvalue weighted by Crippen LogP contribution is -2.48. The monoisotopic (exact) mass is 620 g/mol. The van der Waals surface area contributed by atoms with Crippen molar-refractivity contribution in [3.05, 3.63) is 94.2 Å². The van der Waals surface area contributed by atoms with Crippen LogP contribution >= 0.6 is 0 Å². The van der Waals surface area contributed by atoms with E-state index in [1.54, 1.807) is 11.8 Å². The number of carbonyl (C=O) groups is 1. The van der Waals surface area contributed by atoms with Crippen LogP contribution in [-0.4, -0.2) is 77.0 Å². The van der Waals surface area contributed by atoms with Gasteiger partial charge in [-0.15, -0.1) is 0 Å². The fraction of sp³-hybridized carbons (Fsp3) is 0.344. The molecule has 1 aromatic heterocycles. The molecule has 0 radical (unpaired) electrons. The molecule has 1 amide bonds. The fourth-order valence-corrected chi connectivity index (χ4v) is 6.98. The van der Waals surface area contributed by atoms with Crippen LogP contribution in [-0.2, 0) is 28.4 Å². The van der Waals surface area contributed by atoms with Crippen molar-refractivity contribution in [3.8, 4) is 11.1 Å². The molecule has 4 aromatic rings. The number of rotatable bonds is 7. The van der Waals surface area contributed by atoms with Crippen molar-refractivity contribution in [2.75, 3.05) is 26.7 Å². The van der Waals surface area contributed by atoms with Crippen molar-refractivity contribution in [2.24, 2.45) is 13.0 Å². The number of aromatic nitrogens is 1. The minimum Gasteiger partial charge on any atom is -0.394 e. The van der Waals surface area contributed by atoms with E-state index in [-0.39, 0.29) is 48.7 Å². The van der Waals surface area contributed by atoms with Gasteiger partial charge in [-0.05, 0) is 36.2 Å². The standard InChI is InChI=1S/C32H36N4O7S/c1-21-17-35(22(2)19-37)32(38)31-30(27-11-7-8-12-28(27)34(31)4)26-10-6-5-9-23(26)20-43-29(21)18-33(3)44(41,42)25-15-13-24(14-16-25)36(39)40/h5-16,21-22,29,37H,17-20H2,1-4H3/t21-,22-,29-/m1/s1. The summed E-state index contributed by atoms with van der Waals surface area (Å²) in [6.45, 7) is 3.76. The molecule has 12 heteroatoms. The summed E-state index contributed by atoms with van der Waals surface area (Å²) in [6, 6.07) is 19.8. The highest BCUT2D eigenvalue weighted by Crippen LogP contribution is 2.38. The zero-order valence-electron chi connectivity index (χ0n) is 25.1. The van der Waals surface area contributed by atoms with Gasteiger partial charge in [-0.25, -0.2) is 8.42 Å². The van der Waals surface area contributed by atoms with E-state index in [1.807, 2.05) is 67.1 Å². The van der Waals surface area contributed by atoms with Gasteiger partial charge in [0.25, 0.3) is 11.6 Å². The van der Waals surface area contributed by atoms with Crippen LogP contribution in [0.15, 0.2) is 77.7 Å². The molecule has 3 aromatic carbocycles. The number of para-hydroxylation sites is 1. The second-order valence-electron chi connectivity index (χ2n) is 11.3. The minimum atomic E-state index is -4.01. The average Bonchev–Trinajstić information content (AvgIpc) is 3.31. The van der Waals surface area contributed by atoms with Crippen LogP contribution in [0, 0.1) is 16.0 Å². The van der Waals surface area contributed by atoms with Crippen molar-refractivity contribution < 1.29 is 28.0 Å². The highest BCUT2D eigenvalue weighted by atomic mass is 32.2. The molecule has 0 fully saturated rings. The van der Waals surface area contributed by atoms with Crippen LogP contribution in [0.5, 0.6) is 0 Å². The summed E-state index contributed by atoms with van der Waals surface area (Å²) in [7, 11) is -0.710. The summed E-state index contributed by atoms with van der Waals surface area (Å²) < 4.78 is 36.5. The summed E-state index contributed by atoms with van der Waals surface area (Å²) in [5.74, 6) is -0.583. The normalized spacial score (nSPS) is 18.5. The molecule has 0 bridgehead atoms. The molecule has 232 valence electrons. The second-order valence-corrected chi connectivity index (χ2v) is 13.4. The predicted molar refractivity (Wildman–Crippen MR) is 167 cm³/mol. The van der Waals surface area contributed by atoms with Crippen molar-refractivity contribution in [3.63, 3.8) is 0 Å². The maximum Gasteiger partial charge on any atom is 0.271 e. The van der Waals surface area contributed by atoms with Crippen LogP contribution in [0.3, 0.4) is 0 Å². The molecule has 44 heavy (non-hydrogen) atoms. The Hall–Kier alpha value is -4.10. The van der Waals surface area contributed by atoms with E-state index >= 15 is 0 Å². The molecule has 1 aliphatic rings. The van der Waals surface area contributed by atoms with Crippen LogP contribution < -0.4 is 0 Å². The largest absolute Gasteiger partial charge is 0.394 e. The Balaban J connectivity index is 1.57. The number of aliphatic hydroxyl groups excluding tert-OH is 1. The average molecular weight is 621 g/mol. The lowest BCUT2D eigenvalue weighted by atomic mass is 9.96. The Labute approximate surface area is 256 Å². The zero-order valence-corrected chi connectivity index (χ0v) is 25.9. The molecule has 0 aliphatic carbocycles. The van der Waals surface area contributed by atoms with E-state index in [9.17, 15) is 28.4 Å². The molecule has 0 unspecified atom stereocenters. The number of amides is 1. The zero-order chi connectivity index (χ0) is 31.8. The number of non-ortho nitro benzene ring substituents is 1. The maximum atomic E-state index is 14.5. The van der Waals surface area contributed by atoms with E-state index in [2.05, 4.69) is 0 Å². The molecule has 5 rings (SSSR count). The molecular formula is C32H36N4O7S. The number of hydrogen-bond donors (Lipinski definition) is 1. The van der Waals surface area contributed by atoms with Gasteiger partial charge in [0.1, 0.15) is 5.69 Å².